The van der Waals surface area contributed by atoms with Crippen molar-refractivity contribution in [1.82, 2.24) is 0 Å². The highest BCUT2D eigenvalue weighted by Gasteiger charge is 2.06. The van der Waals surface area contributed by atoms with Crippen molar-refractivity contribution >= 4 is 6.29 Å². The molecule has 0 spiro atoms. The lowest BCUT2D eigenvalue weighted by atomic mass is 10.1. The Kier molecular flexibility index (Phi) is 17.5. The Morgan fingerprint density at radius 2 is 1.35 bits per heavy atom. The summed E-state index contributed by atoms with van der Waals surface area (Å²) < 4.78 is 0. The molecule has 4 heteroatoms. The minimum absolute atomic E-state index is 0.253. The summed E-state index contributed by atoms with van der Waals surface area (Å²) in [7, 11) is 0. The van der Waals surface area contributed by atoms with Gasteiger partial charge in [0, 0.05) is 6.42 Å². The first-order chi connectivity index (χ1) is 12.7. The lowest BCUT2D eigenvalue weighted by Crippen LogP contribution is -1.97. The van der Waals surface area contributed by atoms with Gasteiger partial charge < -0.3 is 4.79 Å². The molecule has 0 heterocycles. The summed E-state index contributed by atoms with van der Waals surface area (Å²) in [5.74, 6) is 0. The number of hydrogen-bond donors (Lipinski definition) is 0. The molecule has 0 aliphatic heterocycles. The molecule has 0 saturated carbocycles. The van der Waals surface area contributed by atoms with Crippen LogP contribution in [-0.2, 0) is 4.79 Å². The van der Waals surface area contributed by atoms with Crippen LogP contribution in [0.25, 0.3) is 0 Å². The predicted molar refractivity (Wildman–Crippen MR) is 110 cm³/mol. The smallest absolute Gasteiger partial charge is 0.246 e. The van der Waals surface area contributed by atoms with Crippen molar-refractivity contribution in [2.75, 3.05) is 0 Å². The molecule has 0 saturated heterocycles. The van der Waals surface area contributed by atoms with Crippen LogP contribution in [-0.4, -0.2) is 11.2 Å². The minimum Gasteiger partial charge on any atom is -0.303 e. The maximum atomic E-state index is 11.0. The third-order valence-corrected chi connectivity index (χ3v) is 3.69. The standard InChI is InChI=1S/C22H33NO3/c1-2-3-4-5-6-7-8-9-10-11-13-16-19-22(23(25)26)20-17-14-12-15-18-21-24/h3-4,6-7,9-10,13,16,20-21H,2,5,8,11-12,14-15,17-19H2,1H3/b4-3+,7-6+,10-9+,16-13+,22-20-. The molecule has 0 fully saturated rings. The maximum absolute atomic E-state index is 11.0. The number of hydrogen-bond acceptors (Lipinski definition) is 3. The van der Waals surface area contributed by atoms with Gasteiger partial charge in [-0.2, -0.15) is 0 Å². The van der Waals surface area contributed by atoms with Crippen molar-refractivity contribution in [3.63, 3.8) is 0 Å². The van der Waals surface area contributed by atoms with Gasteiger partial charge in [0.25, 0.3) is 0 Å². The summed E-state index contributed by atoms with van der Waals surface area (Å²) in [6.07, 6.45) is 27.3. The third kappa shape index (κ3) is 16.6. The zero-order valence-electron chi connectivity index (χ0n) is 16.0. The van der Waals surface area contributed by atoms with Crippen molar-refractivity contribution in [3.8, 4) is 0 Å². The van der Waals surface area contributed by atoms with Gasteiger partial charge in [-0.25, -0.2) is 0 Å². The van der Waals surface area contributed by atoms with Crippen LogP contribution in [0.5, 0.6) is 0 Å². The topological polar surface area (TPSA) is 60.2 Å². The molecular formula is C22H33NO3. The van der Waals surface area contributed by atoms with Gasteiger partial charge in [0.15, 0.2) is 0 Å². The summed E-state index contributed by atoms with van der Waals surface area (Å²) in [6, 6.07) is 0. The summed E-state index contributed by atoms with van der Waals surface area (Å²) in [5, 5.41) is 11.0. The Balaban J connectivity index is 3.95. The lowest BCUT2D eigenvalue weighted by Gasteiger charge is -1.96. The summed E-state index contributed by atoms with van der Waals surface area (Å²) >= 11 is 0. The predicted octanol–water partition coefficient (Wildman–Crippen LogP) is 6.49. The van der Waals surface area contributed by atoms with Gasteiger partial charge >= 0.3 is 0 Å². The average molecular weight is 360 g/mol. The molecule has 26 heavy (non-hydrogen) atoms. The monoisotopic (exact) mass is 359 g/mol. The van der Waals surface area contributed by atoms with Crippen LogP contribution in [0.4, 0.5) is 0 Å². The van der Waals surface area contributed by atoms with E-state index in [0.29, 0.717) is 19.3 Å². The molecule has 0 amide bonds. The molecule has 4 nitrogen and oxygen atoms in total. The first-order valence-corrected chi connectivity index (χ1v) is 9.59. The molecular weight excluding hydrogens is 326 g/mol. The number of unbranched alkanes of at least 4 members (excludes halogenated alkanes) is 4. The molecule has 0 aliphatic carbocycles. The van der Waals surface area contributed by atoms with Crippen molar-refractivity contribution in [2.24, 2.45) is 0 Å². The van der Waals surface area contributed by atoms with Gasteiger partial charge in [-0.3, -0.25) is 10.1 Å². The average Bonchev–Trinajstić information content (AvgIpc) is 2.63. The van der Waals surface area contributed by atoms with E-state index >= 15 is 0 Å². The molecule has 0 aliphatic rings. The van der Waals surface area contributed by atoms with Crippen molar-refractivity contribution in [2.45, 2.75) is 71.1 Å². The molecule has 0 N–H and O–H groups in total. The lowest BCUT2D eigenvalue weighted by molar-refractivity contribution is -0.427. The molecule has 0 aromatic rings. The molecule has 0 aromatic heterocycles. The molecule has 0 bridgehead atoms. The van der Waals surface area contributed by atoms with Crippen molar-refractivity contribution in [3.05, 3.63) is 70.5 Å². The van der Waals surface area contributed by atoms with E-state index in [1.165, 1.54) is 0 Å². The fraction of sp³-hybridized carbons (Fsp3) is 0.500. The number of rotatable bonds is 16. The highest BCUT2D eigenvalue weighted by atomic mass is 16.6. The Morgan fingerprint density at radius 3 is 1.88 bits per heavy atom. The Labute approximate surface area is 158 Å². The van der Waals surface area contributed by atoms with E-state index in [4.69, 9.17) is 0 Å². The van der Waals surface area contributed by atoms with E-state index in [9.17, 15) is 14.9 Å². The molecule has 0 rings (SSSR count). The molecule has 0 unspecified atom stereocenters. The largest absolute Gasteiger partial charge is 0.303 e. The van der Waals surface area contributed by atoms with Crippen LogP contribution >= 0.6 is 0 Å². The third-order valence-electron chi connectivity index (χ3n) is 3.69. The van der Waals surface area contributed by atoms with E-state index in [2.05, 4.69) is 43.4 Å². The highest BCUT2D eigenvalue weighted by molar-refractivity contribution is 5.48. The minimum atomic E-state index is -0.302. The molecule has 144 valence electrons. The number of nitro groups is 1. The maximum Gasteiger partial charge on any atom is 0.246 e. The molecule has 0 radical (unpaired) electrons. The second-order valence-electron chi connectivity index (χ2n) is 5.96. The molecule has 0 atom stereocenters. The van der Waals surface area contributed by atoms with Gasteiger partial charge in [0.05, 0.1) is 11.3 Å². The number of carbonyl (C=O) groups excluding carboxylic acids is 1. The van der Waals surface area contributed by atoms with E-state index < -0.39 is 0 Å². The van der Waals surface area contributed by atoms with E-state index in [1.54, 1.807) is 6.08 Å². The fourth-order valence-electron chi connectivity index (χ4n) is 2.23. The van der Waals surface area contributed by atoms with Crippen LogP contribution in [0, 0.1) is 10.1 Å². The van der Waals surface area contributed by atoms with Gasteiger partial charge in [0.2, 0.25) is 5.70 Å². The van der Waals surface area contributed by atoms with Gasteiger partial charge in [-0.05, 0) is 51.0 Å². The zero-order chi connectivity index (χ0) is 19.3. The van der Waals surface area contributed by atoms with Crippen LogP contribution in [0.15, 0.2) is 60.4 Å². The first-order valence-electron chi connectivity index (χ1n) is 9.59. The first kappa shape index (κ1) is 23.8. The quantitative estimate of drug-likeness (QED) is 0.104. The zero-order valence-corrected chi connectivity index (χ0v) is 16.0. The van der Waals surface area contributed by atoms with Crippen molar-refractivity contribution in [1.29, 1.82) is 0 Å². The number of carbonyl (C=O) groups is 1. The van der Waals surface area contributed by atoms with Crippen LogP contribution in [0.3, 0.4) is 0 Å². The Morgan fingerprint density at radius 1 is 0.808 bits per heavy atom. The second kappa shape index (κ2) is 19.1. The van der Waals surface area contributed by atoms with Gasteiger partial charge in [0.1, 0.15) is 6.29 Å². The van der Waals surface area contributed by atoms with Gasteiger partial charge in [-0.15, -0.1) is 0 Å². The van der Waals surface area contributed by atoms with E-state index in [0.717, 1.165) is 51.2 Å². The fourth-order valence-corrected chi connectivity index (χ4v) is 2.23. The normalized spacial score (nSPS) is 12.9. The Bertz CT molecular complexity index is 513. The van der Waals surface area contributed by atoms with Crippen molar-refractivity contribution < 1.29 is 9.72 Å². The van der Waals surface area contributed by atoms with Crippen LogP contribution in [0.1, 0.15) is 71.1 Å². The number of allylic oxidation sites excluding steroid dienone is 9. The van der Waals surface area contributed by atoms with Crippen LogP contribution in [0.2, 0.25) is 0 Å². The summed E-state index contributed by atoms with van der Waals surface area (Å²) in [5.41, 5.74) is 0.253. The van der Waals surface area contributed by atoms with E-state index in [1.807, 2.05) is 12.2 Å². The summed E-state index contributed by atoms with van der Waals surface area (Å²) in [6.45, 7) is 2.12. The number of nitrogens with zero attached hydrogens (tertiary/aromatic N) is 1. The van der Waals surface area contributed by atoms with E-state index in [-0.39, 0.29) is 10.6 Å². The second-order valence-corrected chi connectivity index (χ2v) is 5.96. The Hall–Kier alpha value is -2.23. The SMILES string of the molecule is CC/C=C/C/C=C/C/C=C/C/C=C/C/C(=C/CCCCCC=O)[N+](=O)[O-]. The van der Waals surface area contributed by atoms with Gasteiger partial charge in [-0.1, -0.05) is 62.0 Å². The summed E-state index contributed by atoms with van der Waals surface area (Å²) in [4.78, 5) is 20.9. The highest BCUT2D eigenvalue weighted by Crippen LogP contribution is 2.09. The van der Waals surface area contributed by atoms with Crippen LogP contribution < -0.4 is 0 Å². The molecule has 0 aromatic carbocycles. The number of aldehydes is 1.